The minimum Gasteiger partial charge on any atom is -0.494 e. The van der Waals surface area contributed by atoms with Crippen LogP contribution in [0, 0.1) is 5.82 Å². The second kappa shape index (κ2) is 6.02. The van der Waals surface area contributed by atoms with Crippen LogP contribution in [0.4, 0.5) is 4.39 Å². The standard InChI is InChI=1S/C13H19FN2O2/c1-17-11-4-3-10(13(18-2)12(11)14)9-16-7-5-15-6-8-16/h3-4,15H,5-9H2,1-2H3. The van der Waals surface area contributed by atoms with E-state index in [1.807, 2.05) is 6.07 Å². The first-order valence-corrected chi connectivity index (χ1v) is 6.08. The summed E-state index contributed by atoms with van der Waals surface area (Å²) in [7, 11) is 2.94. The number of nitrogens with one attached hydrogen (secondary N) is 1. The van der Waals surface area contributed by atoms with Crippen molar-refractivity contribution in [2.24, 2.45) is 0 Å². The minimum atomic E-state index is -0.423. The molecule has 0 radical (unpaired) electrons. The van der Waals surface area contributed by atoms with Crippen LogP contribution >= 0.6 is 0 Å². The van der Waals surface area contributed by atoms with Gasteiger partial charge in [-0.25, -0.2) is 0 Å². The highest BCUT2D eigenvalue weighted by Gasteiger charge is 2.17. The number of hydrogen-bond donors (Lipinski definition) is 1. The van der Waals surface area contributed by atoms with Crippen LogP contribution < -0.4 is 14.8 Å². The fraction of sp³-hybridized carbons (Fsp3) is 0.538. The molecule has 0 saturated carbocycles. The lowest BCUT2D eigenvalue weighted by Gasteiger charge is -2.27. The maximum Gasteiger partial charge on any atom is 0.207 e. The van der Waals surface area contributed by atoms with Crippen molar-refractivity contribution in [3.63, 3.8) is 0 Å². The summed E-state index contributed by atoms with van der Waals surface area (Å²) in [5.74, 6) is 0.0800. The van der Waals surface area contributed by atoms with Gasteiger partial charge in [-0.1, -0.05) is 6.07 Å². The second-order valence-corrected chi connectivity index (χ2v) is 4.30. The van der Waals surface area contributed by atoms with Gasteiger partial charge in [-0.3, -0.25) is 4.90 Å². The molecule has 0 unspecified atom stereocenters. The summed E-state index contributed by atoms with van der Waals surface area (Å²) >= 11 is 0. The van der Waals surface area contributed by atoms with E-state index in [-0.39, 0.29) is 11.5 Å². The molecule has 1 saturated heterocycles. The predicted octanol–water partition coefficient (Wildman–Crippen LogP) is 1.25. The average molecular weight is 254 g/mol. The van der Waals surface area contributed by atoms with E-state index < -0.39 is 5.82 Å². The van der Waals surface area contributed by atoms with Gasteiger partial charge in [0.25, 0.3) is 0 Å². The van der Waals surface area contributed by atoms with Gasteiger partial charge in [0, 0.05) is 38.3 Å². The van der Waals surface area contributed by atoms with Gasteiger partial charge in [-0.15, -0.1) is 0 Å². The van der Waals surface area contributed by atoms with E-state index >= 15 is 0 Å². The van der Waals surface area contributed by atoms with E-state index in [1.165, 1.54) is 14.2 Å². The fourth-order valence-corrected chi connectivity index (χ4v) is 2.19. The Labute approximate surface area is 107 Å². The van der Waals surface area contributed by atoms with Gasteiger partial charge in [0.2, 0.25) is 5.82 Å². The number of rotatable bonds is 4. The molecule has 18 heavy (non-hydrogen) atoms. The Morgan fingerprint density at radius 2 is 1.94 bits per heavy atom. The lowest BCUT2D eigenvalue weighted by Crippen LogP contribution is -2.42. The van der Waals surface area contributed by atoms with Gasteiger partial charge in [-0.2, -0.15) is 4.39 Å². The van der Waals surface area contributed by atoms with Crippen LogP contribution in [0.5, 0.6) is 11.5 Å². The van der Waals surface area contributed by atoms with Gasteiger partial charge in [0.1, 0.15) is 0 Å². The molecule has 1 N–H and O–H groups in total. The van der Waals surface area contributed by atoms with Gasteiger partial charge in [0.05, 0.1) is 14.2 Å². The maximum atomic E-state index is 14.0. The number of methoxy groups -OCH3 is 2. The lowest BCUT2D eigenvalue weighted by molar-refractivity contribution is 0.228. The summed E-state index contributed by atoms with van der Waals surface area (Å²) in [6.07, 6.45) is 0. The summed E-state index contributed by atoms with van der Waals surface area (Å²) in [4.78, 5) is 2.28. The minimum absolute atomic E-state index is 0.218. The Morgan fingerprint density at radius 3 is 2.56 bits per heavy atom. The van der Waals surface area contributed by atoms with Gasteiger partial charge >= 0.3 is 0 Å². The van der Waals surface area contributed by atoms with Crippen LogP contribution in [0.1, 0.15) is 5.56 Å². The summed E-state index contributed by atoms with van der Waals surface area (Å²) in [5.41, 5.74) is 0.859. The molecule has 0 aliphatic carbocycles. The molecule has 0 aromatic heterocycles. The van der Waals surface area contributed by atoms with E-state index in [0.717, 1.165) is 31.7 Å². The van der Waals surface area contributed by atoms with Crippen LogP contribution in [0.2, 0.25) is 0 Å². The van der Waals surface area contributed by atoms with Crippen LogP contribution in [0.3, 0.4) is 0 Å². The molecule has 0 spiro atoms. The molecule has 1 aromatic rings. The molecule has 4 nitrogen and oxygen atoms in total. The van der Waals surface area contributed by atoms with Crippen LogP contribution in [-0.2, 0) is 6.54 Å². The molecule has 100 valence electrons. The van der Waals surface area contributed by atoms with Crippen molar-refractivity contribution >= 4 is 0 Å². The largest absolute Gasteiger partial charge is 0.494 e. The third-order valence-corrected chi connectivity index (χ3v) is 3.17. The molecule has 1 heterocycles. The smallest absolute Gasteiger partial charge is 0.207 e. The topological polar surface area (TPSA) is 33.7 Å². The maximum absolute atomic E-state index is 14.0. The van der Waals surface area contributed by atoms with Crippen LogP contribution in [0.25, 0.3) is 0 Å². The van der Waals surface area contributed by atoms with Crippen LogP contribution in [0.15, 0.2) is 12.1 Å². The van der Waals surface area contributed by atoms with E-state index in [0.29, 0.717) is 6.54 Å². The Kier molecular flexibility index (Phi) is 4.38. The SMILES string of the molecule is COc1ccc(CN2CCNCC2)c(OC)c1F. The zero-order valence-corrected chi connectivity index (χ0v) is 10.8. The fourth-order valence-electron chi connectivity index (χ4n) is 2.19. The highest BCUT2D eigenvalue weighted by Crippen LogP contribution is 2.31. The molecule has 2 rings (SSSR count). The van der Waals surface area contributed by atoms with Crippen molar-refractivity contribution in [2.75, 3.05) is 40.4 Å². The van der Waals surface area contributed by atoms with Gasteiger partial charge in [0.15, 0.2) is 11.5 Å². The van der Waals surface area contributed by atoms with Crippen LogP contribution in [-0.4, -0.2) is 45.3 Å². The Bertz CT molecular complexity index is 406. The van der Waals surface area contributed by atoms with E-state index in [9.17, 15) is 4.39 Å². The summed E-state index contributed by atoms with van der Waals surface area (Å²) in [5, 5.41) is 3.29. The number of ether oxygens (including phenoxy) is 2. The predicted molar refractivity (Wildman–Crippen MR) is 67.7 cm³/mol. The molecule has 0 atom stereocenters. The molecule has 1 aliphatic heterocycles. The number of halogens is 1. The van der Waals surface area contributed by atoms with Crippen molar-refractivity contribution in [2.45, 2.75) is 6.54 Å². The second-order valence-electron chi connectivity index (χ2n) is 4.30. The Hall–Kier alpha value is -1.33. The molecule has 5 heteroatoms. The van der Waals surface area contributed by atoms with E-state index in [4.69, 9.17) is 9.47 Å². The molecule has 0 amide bonds. The summed E-state index contributed by atoms with van der Waals surface area (Å²) in [6, 6.07) is 3.51. The van der Waals surface area contributed by atoms with Crippen molar-refractivity contribution in [3.05, 3.63) is 23.5 Å². The molecule has 1 fully saturated rings. The number of hydrogen-bond acceptors (Lipinski definition) is 4. The highest BCUT2D eigenvalue weighted by atomic mass is 19.1. The zero-order chi connectivity index (χ0) is 13.0. The zero-order valence-electron chi connectivity index (χ0n) is 10.8. The first-order valence-electron chi connectivity index (χ1n) is 6.08. The molecule has 1 aromatic carbocycles. The lowest BCUT2D eigenvalue weighted by atomic mass is 10.1. The van der Waals surface area contributed by atoms with Crippen molar-refractivity contribution in [1.82, 2.24) is 10.2 Å². The normalized spacial score (nSPS) is 16.6. The molecule has 1 aliphatic rings. The summed E-state index contributed by atoms with van der Waals surface area (Å²) in [6.45, 7) is 4.58. The summed E-state index contributed by atoms with van der Waals surface area (Å²) < 4.78 is 24.1. The van der Waals surface area contributed by atoms with Crippen molar-refractivity contribution in [3.8, 4) is 11.5 Å². The number of benzene rings is 1. The average Bonchev–Trinajstić information content (AvgIpc) is 2.40. The van der Waals surface area contributed by atoms with Crippen molar-refractivity contribution < 1.29 is 13.9 Å². The Morgan fingerprint density at radius 1 is 1.22 bits per heavy atom. The molecular formula is C13H19FN2O2. The highest BCUT2D eigenvalue weighted by molar-refractivity contribution is 5.42. The van der Waals surface area contributed by atoms with Crippen molar-refractivity contribution in [1.29, 1.82) is 0 Å². The van der Waals surface area contributed by atoms with Gasteiger partial charge in [-0.05, 0) is 6.07 Å². The quantitative estimate of drug-likeness (QED) is 0.876. The third-order valence-electron chi connectivity index (χ3n) is 3.17. The van der Waals surface area contributed by atoms with E-state index in [1.54, 1.807) is 6.07 Å². The number of nitrogens with zero attached hydrogens (tertiary/aromatic N) is 1. The monoisotopic (exact) mass is 254 g/mol. The van der Waals surface area contributed by atoms with Gasteiger partial charge < -0.3 is 14.8 Å². The first-order chi connectivity index (χ1) is 8.76. The number of piperazine rings is 1. The first kappa shape index (κ1) is 13.1. The molecule has 0 bridgehead atoms. The third kappa shape index (κ3) is 2.73. The molecular weight excluding hydrogens is 235 g/mol. The van der Waals surface area contributed by atoms with E-state index in [2.05, 4.69) is 10.2 Å². The Balaban J connectivity index is 2.18.